The first kappa shape index (κ1) is 16.2. The highest BCUT2D eigenvalue weighted by Crippen LogP contribution is 2.32. The van der Waals surface area contributed by atoms with Crippen LogP contribution in [0.4, 0.5) is 4.39 Å². The van der Waals surface area contributed by atoms with E-state index < -0.39 is 11.4 Å². The molecule has 1 aromatic carbocycles. The Morgan fingerprint density at radius 2 is 2.33 bits per heavy atom. The van der Waals surface area contributed by atoms with E-state index in [2.05, 4.69) is 12.2 Å². The van der Waals surface area contributed by atoms with Gasteiger partial charge in [-0.1, -0.05) is 37.4 Å². The number of carbonyl (C=O) groups excluding carboxylic acids is 1. The van der Waals surface area contributed by atoms with E-state index in [1.165, 1.54) is 12.1 Å². The van der Waals surface area contributed by atoms with Crippen LogP contribution in [0.2, 0.25) is 5.02 Å². The quantitative estimate of drug-likeness (QED) is 0.897. The van der Waals surface area contributed by atoms with Crippen LogP contribution in [0.25, 0.3) is 0 Å². The van der Waals surface area contributed by atoms with Crippen LogP contribution in [-0.4, -0.2) is 23.2 Å². The topological polar surface area (TPSA) is 49.3 Å². The number of halogens is 2. The third kappa shape index (κ3) is 3.95. The number of nitrogens with one attached hydrogen (secondary N) is 1. The SMILES string of the molecule is CC1CCCC(CO)(NC(=O)Cc2c(F)cccc2Cl)C1. The minimum absolute atomic E-state index is 0.0892. The van der Waals surface area contributed by atoms with Crippen molar-refractivity contribution >= 4 is 17.5 Å². The zero-order valence-electron chi connectivity index (χ0n) is 12.2. The summed E-state index contributed by atoms with van der Waals surface area (Å²) in [6.07, 6.45) is 3.48. The number of hydrogen-bond acceptors (Lipinski definition) is 2. The van der Waals surface area contributed by atoms with Crippen LogP contribution in [-0.2, 0) is 11.2 Å². The van der Waals surface area contributed by atoms with Gasteiger partial charge in [-0.25, -0.2) is 4.39 Å². The Morgan fingerprint density at radius 1 is 1.57 bits per heavy atom. The van der Waals surface area contributed by atoms with Crippen LogP contribution in [0.5, 0.6) is 0 Å². The molecule has 0 spiro atoms. The number of amides is 1. The van der Waals surface area contributed by atoms with Gasteiger partial charge in [-0.3, -0.25) is 4.79 Å². The highest BCUT2D eigenvalue weighted by atomic mass is 35.5. The van der Waals surface area contributed by atoms with Crippen molar-refractivity contribution in [1.29, 1.82) is 0 Å². The molecule has 0 aromatic heterocycles. The molecule has 116 valence electrons. The van der Waals surface area contributed by atoms with E-state index >= 15 is 0 Å². The highest BCUT2D eigenvalue weighted by molar-refractivity contribution is 6.31. The van der Waals surface area contributed by atoms with Crippen LogP contribution in [0.15, 0.2) is 18.2 Å². The van der Waals surface area contributed by atoms with Gasteiger partial charge >= 0.3 is 0 Å². The maximum atomic E-state index is 13.7. The first-order valence-corrected chi connectivity index (χ1v) is 7.68. The predicted molar refractivity (Wildman–Crippen MR) is 80.7 cm³/mol. The second-order valence-corrected chi connectivity index (χ2v) is 6.47. The number of aliphatic hydroxyl groups excluding tert-OH is 1. The van der Waals surface area contributed by atoms with Gasteiger partial charge in [0.05, 0.1) is 18.6 Å². The molecule has 21 heavy (non-hydrogen) atoms. The van der Waals surface area contributed by atoms with E-state index in [9.17, 15) is 14.3 Å². The summed E-state index contributed by atoms with van der Waals surface area (Å²) in [6.45, 7) is 2.03. The summed E-state index contributed by atoms with van der Waals surface area (Å²) < 4.78 is 13.7. The molecule has 2 unspecified atom stereocenters. The summed E-state index contributed by atoms with van der Waals surface area (Å²) in [7, 11) is 0. The minimum atomic E-state index is -0.577. The molecule has 2 N–H and O–H groups in total. The Labute approximate surface area is 129 Å². The summed E-state index contributed by atoms with van der Waals surface area (Å²) in [6, 6.07) is 4.37. The van der Waals surface area contributed by atoms with Gasteiger partial charge in [-0.15, -0.1) is 0 Å². The molecule has 2 atom stereocenters. The predicted octanol–water partition coefficient (Wildman–Crippen LogP) is 3.08. The van der Waals surface area contributed by atoms with Crippen molar-refractivity contribution in [1.82, 2.24) is 5.32 Å². The molecule has 0 saturated heterocycles. The van der Waals surface area contributed by atoms with Crippen molar-refractivity contribution in [3.63, 3.8) is 0 Å². The van der Waals surface area contributed by atoms with E-state index in [1.54, 1.807) is 6.07 Å². The van der Waals surface area contributed by atoms with E-state index in [4.69, 9.17) is 11.6 Å². The summed E-state index contributed by atoms with van der Waals surface area (Å²) >= 11 is 5.94. The van der Waals surface area contributed by atoms with E-state index in [0.29, 0.717) is 5.92 Å². The molecule has 0 radical (unpaired) electrons. The van der Waals surface area contributed by atoms with Crippen LogP contribution in [0, 0.1) is 11.7 Å². The minimum Gasteiger partial charge on any atom is -0.394 e. The summed E-state index contributed by atoms with van der Waals surface area (Å²) in [5, 5.41) is 12.8. The molecule has 1 amide bonds. The summed E-state index contributed by atoms with van der Waals surface area (Å²) in [5.74, 6) is -0.318. The zero-order valence-corrected chi connectivity index (χ0v) is 12.9. The van der Waals surface area contributed by atoms with Crippen molar-refractivity contribution in [3.8, 4) is 0 Å². The van der Waals surface area contributed by atoms with Crippen molar-refractivity contribution in [2.24, 2.45) is 5.92 Å². The largest absolute Gasteiger partial charge is 0.394 e. The summed E-state index contributed by atoms with van der Waals surface area (Å²) in [4.78, 5) is 12.2. The second kappa shape index (κ2) is 6.75. The molecular weight excluding hydrogens is 293 g/mol. The Balaban J connectivity index is 2.07. The number of hydrogen-bond donors (Lipinski definition) is 2. The van der Waals surface area contributed by atoms with Crippen LogP contribution < -0.4 is 5.32 Å². The normalized spacial score (nSPS) is 25.6. The molecule has 1 aliphatic carbocycles. The van der Waals surface area contributed by atoms with E-state index in [0.717, 1.165) is 25.7 Å². The van der Waals surface area contributed by atoms with Crippen LogP contribution >= 0.6 is 11.6 Å². The number of carbonyl (C=O) groups is 1. The Hall–Kier alpha value is -1.13. The third-order valence-electron chi connectivity index (χ3n) is 4.20. The molecule has 3 nitrogen and oxygen atoms in total. The first-order chi connectivity index (χ1) is 9.96. The van der Waals surface area contributed by atoms with Crippen LogP contribution in [0.3, 0.4) is 0 Å². The molecule has 1 aliphatic rings. The van der Waals surface area contributed by atoms with Crippen molar-refractivity contribution in [2.45, 2.75) is 44.6 Å². The fourth-order valence-corrected chi connectivity index (χ4v) is 3.39. The Bertz CT molecular complexity index is 503. The molecule has 1 saturated carbocycles. The van der Waals surface area contributed by atoms with Gasteiger partial charge < -0.3 is 10.4 Å². The summed E-state index contributed by atoms with van der Waals surface area (Å²) in [5.41, 5.74) is -0.374. The average Bonchev–Trinajstić information content (AvgIpc) is 2.43. The standard InChI is InChI=1S/C16H21ClFNO2/c1-11-4-3-7-16(9-11,10-20)19-15(21)8-12-13(17)5-2-6-14(12)18/h2,5-6,11,20H,3-4,7-10H2,1H3,(H,19,21). The molecule has 1 aromatic rings. The molecular formula is C16H21ClFNO2. The van der Waals surface area contributed by atoms with Crippen molar-refractivity contribution in [3.05, 3.63) is 34.6 Å². The monoisotopic (exact) mass is 313 g/mol. The lowest BCUT2D eigenvalue weighted by Crippen LogP contribution is -2.54. The zero-order chi connectivity index (χ0) is 15.5. The van der Waals surface area contributed by atoms with Gasteiger partial charge in [0.25, 0.3) is 0 Å². The maximum absolute atomic E-state index is 13.7. The third-order valence-corrected chi connectivity index (χ3v) is 4.55. The van der Waals surface area contributed by atoms with Gasteiger partial charge in [0.15, 0.2) is 0 Å². The van der Waals surface area contributed by atoms with Gasteiger partial charge in [0, 0.05) is 10.6 Å². The van der Waals surface area contributed by atoms with E-state index in [-0.39, 0.29) is 29.5 Å². The lowest BCUT2D eigenvalue weighted by molar-refractivity contribution is -0.123. The number of aliphatic hydroxyl groups is 1. The fourth-order valence-electron chi connectivity index (χ4n) is 3.16. The molecule has 2 rings (SSSR count). The first-order valence-electron chi connectivity index (χ1n) is 7.30. The van der Waals surface area contributed by atoms with Crippen molar-refractivity contribution < 1.29 is 14.3 Å². The van der Waals surface area contributed by atoms with Gasteiger partial charge in [0.1, 0.15) is 5.82 Å². The van der Waals surface area contributed by atoms with E-state index in [1.807, 2.05) is 0 Å². The Morgan fingerprint density at radius 3 is 2.95 bits per heavy atom. The van der Waals surface area contributed by atoms with Crippen molar-refractivity contribution in [2.75, 3.05) is 6.61 Å². The number of benzene rings is 1. The molecule has 1 fully saturated rings. The molecule has 5 heteroatoms. The molecule has 0 aliphatic heterocycles. The fraction of sp³-hybridized carbons (Fsp3) is 0.562. The van der Waals surface area contributed by atoms with Gasteiger partial charge in [-0.2, -0.15) is 0 Å². The molecule has 0 heterocycles. The Kier molecular flexibility index (Phi) is 5.22. The average molecular weight is 314 g/mol. The smallest absolute Gasteiger partial charge is 0.225 e. The van der Waals surface area contributed by atoms with Gasteiger partial charge in [0.2, 0.25) is 5.91 Å². The maximum Gasteiger partial charge on any atom is 0.225 e. The lowest BCUT2D eigenvalue weighted by Gasteiger charge is -2.39. The lowest BCUT2D eigenvalue weighted by atomic mass is 9.76. The highest BCUT2D eigenvalue weighted by Gasteiger charge is 2.35. The second-order valence-electron chi connectivity index (χ2n) is 6.07. The number of rotatable bonds is 4. The van der Waals surface area contributed by atoms with Crippen LogP contribution in [0.1, 0.15) is 38.2 Å². The van der Waals surface area contributed by atoms with Gasteiger partial charge in [-0.05, 0) is 30.9 Å². The molecule has 0 bridgehead atoms.